The van der Waals surface area contributed by atoms with Crippen LogP contribution in [0.5, 0.6) is 0 Å². The van der Waals surface area contributed by atoms with Crippen molar-refractivity contribution in [2.45, 2.75) is 203 Å². The first-order valence-electron chi connectivity index (χ1n) is 22.4. The maximum absolute atomic E-state index is 12.6. The van der Waals surface area contributed by atoms with Crippen LogP contribution in [-0.4, -0.2) is 37.8 Å². The van der Waals surface area contributed by atoms with E-state index in [1.54, 1.807) is 0 Å². The van der Waals surface area contributed by atoms with Crippen LogP contribution in [0.4, 0.5) is 11.4 Å². The van der Waals surface area contributed by atoms with Crippen molar-refractivity contribution in [2.24, 2.45) is 0 Å². The van der Waals surface area contributed by atoms with Gasteiger partial charge in [0.05, 0.1) is 0 Å². The second kappa shape index (κ2) is 35.3. The standard InChI is InChI=1S/C46H74N2O8S2.2Na/c1-3-5-7-9-11-13-15-17-19-21-23-25-27-29-45(49)47-41-35-33-39(43(37-41)57(51,52)53)31-32-40-34-36-42(38-44(40)58(54,55)56)48-46(50)30-28-26-24-22-20-18-16-14-12-10-8-6-4-2;;/h31-38H,3-30H2,1-2H3,(H,47,49)(H,48,50)(H,51,52,53)(H,54,55,56);;/q;2*+1/b32-31+;;. The molecule has 2 aromatic carbocycles. The van der Waals surface area contributed by atoms with Gasteiger partial charge in [0, 0.05) is 24.2 Å². The van der Waals surface area contributed by atoms with Gasteiger partial charge in [-0.15, -0.1) is 0 Å². The van der Waals surface area contributed by atoms with Gasteiger partial charge in [-0.1, -0.05) is 192 Å². The van der Waals surface area contributed by atoms with Crippen molar-refractivity contribution in [3.05, 3.63) is 47.5 Å². The molecule has 0 fully saturated rings. The molecule has 0 heterocycles. The van der Waals surface area contributed by atoms with Crippen molar-refractivity contribution in [3.8, 4) is 0 Å². The molecule has 10 nitrogen and oxygen atoms in total. The van der Waals surface area contributed by atoms with Gasteiger partial charge in [-0.25, -0.2) is 0 Å². The second-order valence-corrected chi connectivity index (χ2v) is 18.7. The maximum Gasteiger partial charge on any atom is 1.00 e. The molecule has 0 atom stereocenters. The molecule has 2 rings (SSSR count). The van der Waals surface area contributed by atoms with Gasteiger partial charge in [0.25, 0.3) is 20.2 Å². The number of benzene rings is 2. The number of rotatable bonds is 34. The Morgan fingerprint density at radius 1 is 0.450 bits per heavy atom. The molecule has 0 unspecified atom stereocenters. The Morgan fingerprint density at radius 2 is 0.700 bits per heavy atom. The molecule has 0 aliphatic heterocycles. The van der Waals surface area contributed by atoms with E-state index in [2.05, 4.69) is 24.5 Å². The fraction of sp³-hybridized carbons (Fsp3) is 0.652. The molecule has 2 amide bonds. The molecule has 0 aliphatic rings. The Bertz CT molecular complexity index is 1610. The van der Waals surface area contributed by atoms with Crippen molar-refractivity contribution < 1.29 is 94.6 Å². The van der Waals surface area contributed by atoms with E-state index >= 15 is 0 Å². The number of carbonyl (C=O) groups excluding carboxylic acids is 2. The van der Waals surface area contributed by atoms with Gasteiger partial charge < -0.3 is 10.6 Å². The van der Waals surface area contributed by atoms with Crippen molar-refractivity contribution >= 4 is 55.6 Å². The van der Waals surface area contributed by atoms with Crippen LogP contribution in [0.1, 0.15) is 205 Å². The van der Waals surface area contributed by atoms with Gasteiger partial charge in [-0.3, -0.25) is 18.7 Å². The van der Waals surface area contributed by atoms with Crippen LogP contribution in [-0.2, 0) is 29.8 Å². The Kier molecular flexibility index (Phi) is 34.7. The van der Waals surface area contributed by atoms with Crippen LogP contribution < -0.4 is 69.7 Å². The zero-order valence-corrected chi connectivity index (χ0v) is 43.2. The smallest absolute Gasteiger partial charge is 0.326 e. The summed E-state index contributed by atoms with van der Waals surface area (Å²) in [5.41, 5.74) is 0.464. The van der Waals surface area contributed by atoms with E-state index in [0.29, 0.717) is 12.8 Å². The molecule has 0 bridgehead atoms. The van der Waals surface area contributed by atoms with E-state index in [0.717, 1.165) is 50.7 Å². The molecule has 4 N–H and O–H groups in total. The molecule has 2 aromatic rings. The fourth-order valence-corrected chi connectivity index (χ4v) is 8.60. The van der Waals surface area contributed by atoms with Crippen molar-refractivity contribution in [2.75, 3.05) is 10.6 Å². The largest absolute Gasteiger partial charge is 1.00 e. The van der Waals surface area contributed by atoms with Gasteiger partial charge in [0.2, 0.25) is 11.8 Å². The van der Waals surface area contributed by atoms with Gasteiger partial charge in [-0.2, -0.15) is 16.8 Å². The summed E-state index contributed by atoms with van der Waals surface area (Å²) in [6.45, 7) is 4.46. The summed E-state index contributed by atoms with van der Waals surface area (Å²) in [5.74, 6) is -0.524. The summed E-state index contributed by atoms with van der Waals surface area (Å²) in [7, 11) is -9.47. The predicted molar refractivity (Wildman–Crippen MR) is 239 cm³/mol. The van der Waals surface area contributed by atoms with Crippen LogP contribution in [0.2, 0.25) is 0 Å². The fourth-order valence-electron chi connectivity index (χ4n) is 7.18. The van der Waals surface area contributed by atoms with Crippen molar-refractivity contribution in [1.82, 2.24) is 0 Å². The first-order valence-corrected chi connectivity index (χ1v) is 25.2. The average Bonchev–Trinajstić information content (AvgIpc) is 3.17. The minimum Gasteiger partial charge on any atom is -0.326 e. The summed E-state index contributed by atoms with van der Waals surface area (Å²) < 4.78 is 69.3. The molecule has 14 heteroatoms. The molecule has 0 saturated heterocycles. The number of anilines is 2. The average molecular weight is 893 g/mol. The van der Waals surface area contributed by atoms with E-state index in [1.165, 1.54) is 152 Å². The molecule has 328 valence electrons. The van der Waals surface area contributed by atoms with E-state index < -0.39 is 30.0 Å². The van der Waals surface area contributed by atoms with Gasteiger partial charge in [0.1, 0.15) is 9.79 Å². The zero-order chi connectivity index (χ0) is 42.5. The van der Waals surface area contributed by atoms with E-state index in [1.807, 2.05) is 0 Å². The van der Waals surface area contributed by atoms with Crippen molar-refractivity contribution in [1.29, 1.82) is 0 Å². The zero-order valence-electron chi connectivity index (χ0n) is 37.6. The van der Waals surface area contributed by atoms with Crippen LogP contribution in [0, 0.1) is 0 Å². The summed E-state index contributed by atoms with van der Waals surface area (Å²) in [6.07, 6.45) is 34.2. The molecular formula is C46H74N2Na2O8S2+2. The normalized spacial score (nSPS) is 11.6. The first-order chi connectivity index (χ1) is 27.8. The first kappa shape index (κ1) is 58.9. The summed E-state index contributed by atoms with van der Waals surface area (Å²) in [5, 5.41) is 5.40. The van der Waals surface area contributed by atoms with Crippen LogP contribution in [0.3, 0.4) is 0 Å². The Balaban J connectivity index is 0.0000174. The van der Waals surface area contributed by atoms with Gasteiger partial charge in [-0.05, 0) is 48.2 Å². The maximum atomic E-state index is 12.6. The third-order valence-electron chi connectivity index (χ3n) is 10.6. The SMILES string of the molecule is CCCCCCCCCCCCCCCC(=O)Nc1ccc(/C=C/c2ccc(NC(=O)CCCCCCCCCCCCCCC)cc2S(=O)(=O)O)c(S(=O)(=O)O)c1.[Na+].[Na+]. The van der Waals surface area contributed by atoms with Gasteiger partial charge >= 0.3 is 59.1 Å². The minimum atomic E-state index is -4.74. The Labute approximate surface area is 408 Å². The van der Waals surface area contributed by atoms with Crippen molar-refractivity contribution in [3.63, 3.8) is 0 Å². The van der Waals surface area contributed by atoms with E-state index in [9.17, 15) is 35.5 Å². The Hall–Kier alpha value is -1.06. The monoisotopic (exact) mass is 892 g/mol. The number of carbonyl (C=O) groups is 2. The number of unbranched alkanes of at least 4 members (excludes halogenated alkanes) is 24. The molecule has 0 aliphatic carbocycles. The minimum absolute atomic E-state index is 0. The van der Waals surface area contributed by atoms with E-state index in [4.69, 9.17) is 0 Å². The molecule has 0 radical (unpaired) electrons. The topological polar surface area (TPSA) is 167 Å². The number of amides is 2. The number of hydrogen-bond acceptors (Lipinski definition) is 6. The van der Waals surface area contributed by atoms with Crippen LogP contribution >= 0.6 is 0 Å². The molecule has 0 aromatic heterocycles. The predicted octanol–water partition coefficient (Wildman–Crippen LogP) is 7.20. The summed E-state index contributed by atoms with van der Waals surface area (Å²) in [4.78, 5) is 24.3. The summed E-state index contributed by atoms with van der Waals surface area (Å²) in [6, 6.07) is 8.06. The van der Waals surface area contributed by atoms with Crippen LogP contribution in [0.15, 0.2) is 46.2 Å². The molecule has 0 saturated carbocycles. The summed E-state index contributed by atoms with van der Waals surface area (Å²) >= 11 is 0. The van der Waals surface area contributed by atoms with Crippen LogP contribution in [0.25, 0.3) is 12.2 Å². The van der Waals surface area contributed by atoms with Gasteiger partial charge in [0.15, 0.2) is 0 Å². The quantitative estimate of drug-likeness (QED) is 0.0248. The number of nitrogens with one attached hydrogen (secondary N) is 2. The molecule has 60 heavy (non-hydrogen) atoms. The molecule has 0 spiro atoms. The third kappa shape index (κ3) is 27.9. The third-order valence-corrected chi connectivity index (χ3v) is 12.4. The van der Waals surface area contributed by atoms with E-state index in [-0.39, 0.29) is 106 Å². The Morgan fingerprint density at radius 3 is 0.950 bits per heavy atom. The molecular weight excluding hydrogens is 819 g/mol. The second-order valence-electron chi connectivity index (χ2n) is 15.9. The number of hydrogen-bond donors (Lipinski definition) is 4.